The monoisotopic (exact) mass is 454 g/mol. The number of benzene rings is 1. The molecule has 0 fully saturated rings. The van der Waals surface area contributed by atoms with Crippen molar-refractivity contribution in [1.29, 1.82) is 0 Å². The normalized spacial score (nSPS) is 11.1. The van der Waals surface area contributed by atoms with Crippen molar-refractivity contribution in [3.05, 3.63) is 44.6 Å². The average molecular weight is 454 g/mol. The van der Waals surface area contributed by atoms with Crippen LogP contribution in [0.5, 0.6) is 11.5 Å². The highest BCUT2D eigenvalue weighted by Crippen LogP contribution is 2.31. The number of amides is 1. The Morgan fingerprint density at radius 2 is 1.94 bits per heavy atom. The van der Waals surface area contributed by atoms with E-state index in [-0.39, 0.29) is 47.6 Å². The number of aromatic nitrogens is 2. The molecule has 0 unspecified atom stereocenters. The van der Waals surface area contributed by atoms with Gasteiger partial charge in [0.15, 0.2) is 17.2 Å². The molecular weight excluding hydrogens is 426 g/mol. The number of carbonyl (C=O) groups excluding carboxylic acids is 1. The van der Waals surface area contributed by atoms with Gasteiger partial charge in [0.2, 0.25) is 0 Å². The minimum atomic E-state index is -3.06. The van der Waals surface area contributed by atoms with Gasteiger partial charge < -0.3 is 20.1 Å². The summed E-state index contributed by atoms with van der Waals surface area (Å²) in [6, 6.07) is 3.72. The molecule has 1 heterocycles. The van der Waals surface area contributed by atoms with Gasteiger partial charge in [-0.3, -0.25) is 19.1 Å². The van der Waals surface area contributed by atoms with Gasteiger partial charge >= 0.3 is 12.3 Å². The van der Waals surface area contributed by atoms with Crippen molar-refractivity contribution in [2.45, 2.75) is 46.8 Å². The van der Waals surface area contributed by atoms with E-state index in [1.807, 2.05) is 20.8 Å². The largest absolute Gasteiger partial charge is 0.493 e. The summed E-state index contributed by atoms with van der Waals surface area (Å²) < 4.78 is 35.9. The van der Waals surface area contributed by atoms with Crippen molar-refractivity contribution in [1.82, 2.24) is 9.55 Å². The predicted octanol–water partition coefficient (Wildman–Crippen LogP) is 2.83. The van der Waals surface area contributed by atoms with E-state index >= 15 is 0 Å². The van der Waals surface area contributed by atoms with Crippen molar-refractivity contribution < 1.29 is 23.0 Å². The minimum absolute atomic E-state index is 0.0557. The number of nitrogens with one attached hydrogen (secondary N) is 1. The third-order valence-electron chi connectivity index (χ3n) is 4.64. The van der Waals surface area contributed by atoms with Gasteiger partial charge in [-0.2, -0.15) is 8.78 Å². The Balaban J connectivity index is 2.59. The summed E-state index contributed by atoms with van der Waals surface area (Å²) in [6.45, 7) is 3.01. The van der Waals surface area contributed by atoms with Crippen molar-refractivity contribution in [2.75, 3.05) is 24.3 Å². The molecule has 0 saturated carbocycles. The Bertz CT molecular complexity index is 1070. The van der Waals surface area contributed by atoms with Crippen LogP contribution in [0.4, 0.5) is 20.3 Å². The molecule has 2 aromatic rings. The molecule has 1 amide bonds. The maximum atomic E-state index is 13.4. The van der Waals surface area contributed by atoms with E-state index in [0.717, 1.165) is 6.42 Å². The summed E-state index contributed by atoms with van der Waals surface area (Å²) in [4.78, 5) is 41.7. The number of ether oxygens (including phenoxy) is 2. The van der Waals surface area contributed by atoms with Crippen LogP contribution in [0.15, 0.2) is 27.8 Å². The van der Waals surface area contributed by atoms with Gasteiger partial charge in [-0.05, 0) is 30.5 Å². The molecule has 0 radical (unpaired) electrons. The number of unbranched alkanes of at least 4 members (excludes halogenated alkanes) is 1. The fourth-order valence-corrected chi connectivity index (χ4v) is 3.17. The number of anilines is 2. The van der Waals surface area contributed by atoms with Crippen LogP contribution in [0.1, 0.15) is 44.0 Å². The number of methoxy groups -OCH3 is 1. The summed E-state index contributed by atoms with van der Waals surface area (Å²) in [5.74, 6) is -0.978. The topological polar surface area (TPSA) is 120 Å². The number of carbonyl (C=O) groups is 1. The zero-order chi connectivity index (χ0) is 24.0. The van der Waals surface area contributed by atoms with E-state index in [9.17, 15) is 23.2 Å². The number of rotatable bonds is 10. The third-order valence-corrected chi connectivity index (χ3v) is 4.64. The highest BCUT2D eigenvalue weighted by molar-refractivity contribution is 6.07. The molecule has 0 aliphatic carbocycles. The number of hydrogen-bond acceptors (Lipinski definition) is 6. The molecule has 9 nitrogen and oxygen atoms in total. The van der Waals surface area contributed by atoms with Gasteiger partial charge in [0.1, 0.15) is 5.82 Å². The minimum Gasteiger partial charge on any atom is -0.493 e. The summed E-state index contributed by atoms with van der Waals surface area (Å²) in [7, 11) is 1.25. The number of nitrogen functional groups attached to an aromatic ring is 1. The fraction of sp³-hybridized carbons (Fsp3) is 0.476. The number of hydrogen-bond donors (Lipinski definition) is 2. The van der Waals surface area contributed by atoms with Gasteiger partial charge in [0.25, 0.3) is 11.5 Å². The quantitative estimate of drug-likeness (QED) is 0.570. The lowest BCUT2D eigenvalue weighted by atomic mass is 10.1. The second kappa shape index (κ2) is 10.8. The van der Waals surface area contributed by atoms with Gasteiger partial charge in [0, 0.05) is 18.7 Å². The van der Waals surface area contributed by atoms with E-state index in [2.05, 4.69) is 9.72 Å². The van der Waals surface area contributed by atoms with Crippen LogP contribution in [0.25, 0.3) is 0 Å². The molecule has 32 heavy (non-hydrogen) atoms. The molecule has 3 N–H and O–H groups in total. The summed E-state index contributed by atoms with van der Waals surface area (Å²) in [5, 5.41) is 0. The Morgan fingerprint density at radius 3 is 2.50 bits per heavy atom. The number of H-pyrrole nitrogens is 1. The molecule has 0 aliphatic heterocycles. The first kappa shape index (κ1) is 24.9. The highest BCUT2D eigenvalue weighted by Gasteiger charge is 2.26. The first-order valence-electron chi connectivity index (χ1n) is 10.2. The fourth-order valence-electron chi connectivity index (χ4n) is 3.17. The van der Waals surface area contributed by atoms with E-state index in [1.54, 1.807) is 0 Å². The van der Waals surface area contributed by atoms with Gasteiger partial charge in [-0.15, -0.1) is 0 Å². The van der Waals surface area contributed by atoms with Crippen LogP contribution < -0.4 is 31.4 Å². The highest BCUT2D eigenvalue weighted by atomic mass is 19.3. The second-order valence-corrected chi connectivity index (χ2v) is 7.55. The number of nitrogens with two attached hydrogens (primary N) is 1. The zero-order valence-electron chi connectivity index (χ0n) is 18.5. The molecule has 2 rings (SSSR count). The average Bonchev–Trinajstić information content (AvgIpc) is 2.72. The maximum Gasteiger partial charge on any atom is 0.387 e. The molecule has 0 aliphatic rings. The van der Waals surface area contributed by atoms with E-state index in [4.69, 9.17) is 10.5 Å². The van der Waals surface area contributed by atoms with E-state index < -0.39 is 23.8 Å². The van der Waals surface area contributed by atoms with Crippen molar-refractivity contribution in [2.24, 2.45) is 5.92 Å². The number of nitrogens with zero attached hydrogens (tertiary/aromatic N) is 2. The first-order valence-corrected chi connectivity index (χ1v) is 10.2. The molecule has 0 bridgehead atoms. The number of aromatic amines is 1. The molecule has 176 valence electrons. The van der Waals surface area contributed by atoms with Crippen LogP contribution in [0, 0.1) is 5.92 Å². The molecule has 1 aromatic carbocycles. The summed E-state index contributed by atoms with van der Waals surface area (Å²) in [5.41, 5.74) is 4.65. The van der Waals surface area contributed by atoms with Crippen LogP contribution in [-0.2, 0) is 6.54 Å². The Morgan fingerprint density at radius 1 is 1.25 bits per heavy atom. The smallest absolute Gasteiger partial charge is 0.387 e. The van der Waals surface area contributed by atoms with Crippen molar-refractivity contribution in [3.63, 3.8) is 0 Å². The molecule has 0 spiro atoms. The predicted molar refractivity (Wildman–Crippen MR) is 117 cm³/mol. The van der Waals surface area contributed by atoms with Crippen LogP contribution >= 0.6 is 0 Å². The SMILES string of the molecule is CCCCN(C(=O)c1ccc(OC(F)F)c(OC)c1)c1c(N)n(CC(C)C)c(=O)[nH]c1=O. The van der Waals surface area contributed by atoms with Crippen molar-refractivity contribution >= 4 is 17.4 Å². The van der Waals surface area contributed by atoms with Crippen molar-refractivity contribution in [3.8, 4) is 11.5 Å². The number of halogens is 2. The number of alkyl halides is 2. The lowest BCUT2D eigenvalue weighted by Gasteiger charge is -2.25. The third kappa shape index (κ3) is 5.65. The summed E-state index contributed by atoms with van der Waals surface area (Å²) in [6.07, 6.45) is 1.27. The molecule has 0 saturated heterocycles. The van der Waals surface area contributed by atoms with Gasteiger partial charge in [-0.1, -0.05) is 27.2 Å². The zero-order valence-corrected chi connectivity index (χ0v) is 18.5. The Hall–Kier alpha value is -3.37. The van der Waals surface area contributed by atoms with Gasteiger partial charge in [-0.25, -0.2) is 4.79 Å². The lowest BCUT2D eigenvalue weighted by Crippen LogP contribution is -2.42. The first-order chi connectivity index (χ1) is 15.1. The molecule has 11 heteroatoms. The lowest BCUT2D eigenvalue weighted by molar-refractivity contribution is -0.0512. The second-order valence-electron chi connectivity index (χ2n) is 7.55. The standard InChI is InChI=1S/C21H28F2N4O5/c1-5-6-9-26(16-17(24)27(11-12(2)3)21(30)25-18(16)28)19(29)13-7-8-14(32-20(22)23)15(10-13)31-4/h7-8,10,12,20H,5-6,9,11,24H2,1-4H3,(H,25,28,30). The van der Waals surface area contributed by atoms with Gasteiger partial charge in [0.05, 0.1) is 7.11 Å². The molecular formula is C21H28F2N4O5. The van der Waals surface area contributed by atoms with E-state index in [0.29, 0.717) is 6.42 Å². The maximum absolute atomic E-state index is 13.4. The van der Waals surface area contributed by atoms with Crippen LogP contribution in [0.2, 0.25) is 0 Å². The van der Waals surface area contributed by atoms with Crippen LogP contribution in [0.3, 0.4) is 0 Å². The summed E-state index contributed by atoms with van der Waals surface area (Å²) >= 11 is 0. The Kier molecular flexibility index (Phi) is 8.39. The van der Waals surface area contributed by atoms with E-state index in [1.165, 1.54) is 34.8 Å². The molecule has 1 aromatic heterocycles. The Labute approximate surface area is 183 Å². The van der Waals surface area contributed by atoms with Crippen LogP contribution in [-0.4, -0.2) is 35.7 Å². The molecule has 0 atom stereocenters.